The number of ketones is 1. The summed E-state index contributed by atoms with van der Waals surface area (Å²) in [5.41, 5.74) is 2.26. The van der Waals surface area contributed by atoms with Gasteiger partial charge in [0.25, 0.3) is 0 Å². The minimum Gasteiger partial charge on any atom is -0.503 e. The molecular weight excluding hydrogens is 526 g/mol. The van der Waals surface area contributed by atoms with Crippen LogP contribution in [0.4, 0.5) is 0 Å². The fourth-order valence-corrected chi connectivity index (χ4v) is 5.41. The van der Waals surface area contributed by atoms with Gasteiger partial charge in [0.2, 0.25) is 0 Å². The van der Waals surface area contributed by atoms with Gasteiger partial charge in [-0.25, -0.2) is 0 Å². The molecule has 36 heavy (non-hydrogen) atoms. The van der Waals surface area contributed by atoms with Crippen molar-refractivity contribution in [1.82, 2.24) is 0 Å². The highest BCUT2D eigenvalue weighted by atomic mass is 79.9. The maximum Gasteiger partial charge on any atom is 0.315 e. The average molecular weight is 556 g/mol. The van der Waals surface area contributed by atoms with Crippen LogP contribution in [0, 0.1) is 11.3 Å². The van der Waals surface area contributed by atoms with Crippen molar-refractivity contribution < 1.29 is 28.9 Å². The molecule has 0 saturated carbocycles. The normalized spacial score (nSPS) is 20.9. The van der Waals surface area contributed by atoms with Crippen LogP contribution in [-0.2, 0) is 14.3 Å². The van der Waals surface area contributed by atoms with Gasteiger partial charge in [0.15, 0.2) is 17.3 Å². The summed E-state index contributed by atoms with van der Waals surface area (Å²) in [6.45, 7) is 6.13. The molecule has 1 heterocycles. The number of Topliss-reactive ketones (excluding diaryl/α,β-unsaturated/α-hetero) is 1. The average Bonchev–Trinajstić information content (AvgIpc) is 2.82. The summed E-state index contributed by atoms with van der Waals surface area (Å²) >= 11 is 3.38. The van der Waals surface area contributed by atoms with Crippen molar-refractivity contribution in [2.75, 3.05) is 20.3 Å². The summed E-state index contributed by atoms with van der Waals surface area (Å²) in [6, 6.07) is 12.7. The number of para-hydroxylation sites is 1. The first-order chi connectivity index (χ1) is 17.1. The molecule has 0 fully saturated rings. The van der Waals surface area contributed by atoms with Gasteiger partial charge in [0.1, 0.15) is 24.9 Å². The van der Waals surface area contributed by atoms with Crippen molar-refractivity contribution in [2.45, 2.75) is 39.5 Å². The van der Waals surface area contributed by atoms with E-state index in [1.165, 1.54) is 7.11 Å². The maximum absolute atomic E-state index is 13.4. The number of allylic oxidation sites excluding steroid dienone is 2. The lowest BCUT2D eigenvalue weighted by molar-refractivity contribution is -0.147. The third-order valence-electron chi connectivity index (χ3n) is 6.53. The highest BCUT2D eigenvalue weighted by molar-refractivity contribution is 9.10. The summed E-state index contributed by atoms with van der Waals surface area (Å²) in [4.78, 5) is 31.6. The largest absolute Gasteiger partial charge is 0.503 e. The van der Waals surface area contributed by atoms with E-state index in [0.29, 0.717) is 45.6 Å². The Morgan fingerprint density at radius 3 is 2.58 bits per heavy atom. The van der Waals surface area contributed by atoms with Gasteiger partial charge in [-0.05, 0) is 64.5 Å². The maximum atomic E-state index is 13.4. The number of carbonyl (C=O) groups excluding carboxylic acids is 2. The third kappa shape index (κ3) is 5.33. The number of ether oxygens (including phenoxy) is 3. The Morgan fingerprint density at radius 1 is 1.17 bits per heavy atom. The Bertz CT molecular complexity index is 1230. The molecule has 1 aliphatic carbocycles. The van der Waals surface area contributed by atoms with Crippen molar-refractivity contribution in [3.05, 3.63) is 63.8 Å². The van der Waals surface area contributed by atoms with Crippen LogP contribution in [0.2, 0.25) is 0 Å². The Kier molecular flexibility index (Phi) is 7.54. The molecule has 0 spiro atoms. The smallest absolute Gasteiger partial charge is 0.315 e. The molecule has 1 N–H and O–H groups in total. The van der Waals surface area contributed by atoms with Crippen LogP contribution in [-0.4, -0.2) is 42.9 Å². The molecule has 8 heteroatoms. The van der Waals surface area contributed by atoms with Crippen LogP contribution in [0.25, 0.3) is 0 Å². The Balaban J connectivity index is 1.67. The highest BCUT2D eigenvalue weighted by Gasteiger charge is 2.46. The van der Waals surface area contributed by atoms with Crippen LogP contribution in [0.1, 0.15) is 45.1 Å². The second-order valence-corrected chi connectivity index (χ2v) is 10.7. The predicted molar refractivity (Wildman–Crippen MR) is 140 cm³/mol. The number of halogens is 1. The van der Waals surface area contributed by atoms with E-state index < -0.39 is 17.8 Å². The number of aliphatic imine (C=N–C) groups is 1. The van der Waals surface area contributed by atoms with E-state index in [-0.39, 0.29) is 35.9 Å². The highest BCUT2D eigenvalue weighted by Crippen LogP contribution is 2.49. The first-order valence-electron chi connectivity index (χ1n) is 11.8. The zero-order valence-electron chi connectivity index (χ0n) is 20.8. The van der Waals surface area contributed by atoms with Gasteiger partial charge in [-0.15, -0.1) is 0 Å². The van der Waals surface area contributed by atoms with Crippen LogP contribution in [0.15, 0.2) is 63.2 Å². The van der Waals surface area contributed by atoms with E-state index in [2.05, 4.69) is 15.9 Å². The number of nitrogens with zero attached hydrogens (tertiary/aromatic N) is 1. The molecule has 2 aromatic carbocycles. The monoisotopic (exact) mass is 555 g/mol. The fraction of sp³-hybridized carbons (Fsp3) is 0.393. The zero-order valence-corrected chi connectivity index (χ0v) is 22.4. The minimum absolute atomic E-state index is 0.0316. The number of benzene rings is 2. The molecular formula is C28H30BrNO6. The lowest BCUT2D eigenvalue weighted by atomic mass is 9.67. The van der Waals surface area contributed by atoms with Crippen molar-refractivity contribution in [1.29, 1.82) is 0 Å². The van der Waals surface area contributed by atoms with Crippen LogP contribution >= 0.6 is 15.9 Å². The molecule has 4 rings (SSSR count). The van der Waals surface area contributed by atoms with E-state index in [9.17, 15) is 14.7 Å². The molecule has 0 saturated heterocycles. The molecule has 1 aliphatic heterocycles. The van der Waals surface area contributed by atoms with Crippen LogP contribution < -0.4 is 9.47 Å². The summed E-state index contributed by atoms with van der Waals surface area (Å²) in [7, 11) is 1.45. The number of phenolic OH excluding ortho intramolecular Hbond substituents is 1. The molecule has 2 aliphatic rings. The first kappa shape index (κ1) is 25.9. The quantitative estimate of drug-likeness (QED) is 0.352. The SMILES string of the molecule is COc1cc([C@H]2C3=C(CC(C)(C)CC3=O)N=C(C)C2C(=O)OCCOc2ccccc2)cc(Br)c1O. The lowest BCUT2D eigenvalue weighted by Gasteiger charge is -2.39. The van der Waals surface area contributed by atoms with Gasteiger partial charge < -0.3 is 19.3 Å². The summed E-state index contributed by atoms with van der Waals surface area (Å²) in [6.07, 6.45) is 0.991. The van der Waals surface area contributed by atoms with E-state index in [0.717, 1.165) is 0 Å². The number of aromatic hydroxyl groups is 1. The molecule has 2 atom stereocenters. The standard InChI is InChI=1S/C28H30BrNO6/c1-16-23(27(33)36-11-10-35-18-8-6-5-7-9-18)24(17-12-19(29)26(32)22(13-17)34-4)25-20(30-16)14-28(2,3)15-21(25)31/h5-9,12-13,23-24,32H,10-11,14-15H2,1-4H3/t23?,24-/m1/s1. The fourth-order valence-electron chi connectivity index (χ4n) is 4.95. The van der Waals surface area contributed by atoms with E-state index >= 15 is 0 Å². The van der Waals surface area contributed by atoms with E-state index in [1.54, 1.807) is 19.1 Å². The second kappa shape index (κ2) is 10.5. The van der Waals surface area contributed by atoms with Crippen molar-refractivity contribution in [3.8, 4) is 17.2 Å². The number of hydrogen-bond acceptors (Lipinski definition) is 7. The molecule has 0 bridgehead atoms. The number of carbonyl (C=O) groups is 2. The zero-order chi connectivity index (χ0) is 26.0. The van der Waals surface area contributed by atoms with Crippen molar-refractivity contribution in [2.24, 2.45) is 16.3 Å². The Morgan fingerprint density at radius 2 is 1.89 bits per heavy atom. The molecule has 7 nitrogen and oxygen atoms in total. The summed E-state index contributed by atoms with van der Waals surface area (Å²) in [5, 5.41) is 10.4. The molecule has 0 aromatic heterocycles. The number of methoxy groups -OCH3 is 1. The molecule has 0 amide bonds. The van der Waals surface area contributed by atoms with Gasteiger partial charge in [-0.2, -0.15) is 0 Å². The first-order valence-corrected chi connectivity index (χ1v) is 12.6. The van der Waals surface area contributed by atoms with E-state index in [4.69, 9.17) is 19.2 Å². The number of hydrogen-bond donors (Lipinski definition) is 1. The van der Waals surface area contributed by atoms with Crippen molar-refractivity contribution >= 4 is 33.4 Å². The molecule has 0 radical (unpaired) electrons. The third-order valence-corrected chi connectivity index (χ3v) is 7.13. The van der Waals surface area contributed by atoms with Crippen molar-refractivity contribution in [3.63, 3.8) is 0 Å². The number of phenols is 1. The minimum atomic E-state index is -0.799. The Hall–Kier alpha value is -3.13. The number of rotatable bonds is 7. The second-order valence-electron chi connectivity index (χ2n) is 9.89. The number of esters is 1. The van der Waals surface area contributed by atoms with E-state index in [1.807, 2.05) is 44.2 Å². The summed E-state index contributed by atoms with van der Waals surface area (Å²) in [5.74, 6) is -1.05. The molecule has 2 aromatic rings. The van der Waals surface area contributed by atoms with Gasteiger partial charge in [-0.1, -0.05) is 32.0 Å². The van der Waals surface area contributed by atoms with Crippen LogP contribution in [0.5, 0.6) is 17.2 Å². The predicted octanol–water partition coefficient (Wildman–Crippen LogP) is 5.60. The molecule has 190 valence electrons. The van der Waals surface area contributed by atoms with Gasteiger partial charge in [-0.3, -0.25) is 14.6 Å². The van der Waals surface area contributed by atoms with Crippen LogP contribution in [0.3, 0.4) is 0 Å². The Labute approximate surface area is 219 Å². The van der Waals surface area contributed by atoms with Gasteiger partial charge >= 0.3 is 5.97 Å². The van der Waals surface area contributed by atoms with Gasteiger partial charge in [0, 0.05) is 29.3 Å². The van der Waals surface area contributed by atoms with Gasteiger partial charge in [0.05, 0.1) is 11.6 Å². The topological polar surface area (TPSA) is 94.4 Å². The lowest BCUT2D eigenvalue weighted by Crippen LogP contribution is -2.39. The summed E-state index contributed by atoms with van der Waals surface area (Å²) < 4.78 is 17.0. The molecule has 1 unspecified atom stereocenters.